The number of nitriles is 1. The first-order valence-electron chi connectivity index (χ1n) is 4.16. The van der Waals surface area contributed by atoms with Crippen LogP contribution in [0.5, 0.6) is 11.5 Å². The van der Waals surface area contributed by atoms with Gasteiger partial charge in [0.2, 0.25) is 0 Å². The number of nitrogens with zero attached hydrogens (tertiary/aromatic N) is 1. The topological polar surface area (TPSA) is 42.2 Å². The zero-order valence-corrected chi connectivity index (χ0v) is 8.04. The van der Waals surface area contributed by atoms with Crippen LogP contribution in [0.4, 0.5) is 8.78 Å². The lowest BCUT2D eigenvalue weighted by atomic mass is 10.2. The average Bonchev–Trinajstić information content (AvgIpc) is 2.25. The van der Waals surface area contributed by atoms with Crippen LogP contribution in [0.25, 0.3) is 0 Å². The molecule has 0 N–H and O–H groups in total. The van der Waals surface area contributed by atoms with Crippen LogP contribution in [-0.4, -0.2) is 20.1 Å². The molecule has 5 heteroatoms. The highest BCUT2D eigenvalue weighted by molar-refractivity contribution is 5.47. The molecule has 15 heavy (non-hydrogen) atoms. The molecular weight excluding hydrogens is 204 g/mol. The summed E-state index contributed by atoms with van der Waals surface area (Å²) >= 11 is 0. The maximum absolute atomic E-state index is 11.9. The molecule has 0 spiro atoms. The van der Waals surface area contributed by atoms with Crippen molar-refractivity contribution in [3.63, 3.8) is 0 Å². The summed E-state index contributed by atoms with van der Waals surface area (Å²) in [5.74, 6) is 0.565. The number of benzene rings is 1. The highest BCUT2D eigenvalue weighted by Crippen LogP contribution is 2.24. The normalized spacial score (nSPS) is 9.80. The van der Waals surface area contributed by atoms with Gasteiger partial charge in [0, 0.05) is 6.07 Å². The summed E-state index contributed by atoms with van der Waals surface area (Å²) in [5.41, 5.74) is 0.205. The second-order valence-electron chi connectivity index (χ2n) is 2.68. The number of hydrogen-bond acceptors (Lipinski definition) is 3. The third-order valence-corrected chi connectivity index (χ3v) is 1.67. The highest BCUT2D eigenvalue weighted by atomic mass is 19.3. The van der Waals surface area contributed by atoms with Gasteiger partial charge in [-0.15, -0.1) is 0 Å². The summed E-state index contributed by atoms with van der Waals surface area (Å²) in [7, 11) is 1.44. The molecule has 0 aromatic heterocycles. The van der Waals surface area contributed by atoms with E-state index in [1.54, 1.807) is 6.07 Å². The molecule has 0 atom stereocenters. The zero-order valence-electron chi connectivity index (χ0n) is 8.04. The fourth-order valence-corrected chi connectivity index (χ4v) is 0.994. The standard InChI is InChI=1S/C10H9F2NO2/c1-14-8-3-2-7(5-13)9(4-8)15-6-10(11)12/h2-4,10H,6H2,1H3. The molecule has 0 radical (unpaired) electrons. The van der Waals surface area contributed by atoms with Gasteiger partial charge in [-0.1, -0.05) is 0 Å². The summed E-state index contributed by atoms with van der Waals surface area (Å²) in [6.45, 7) is -0.734. The SMILES string of the molecule is COc1ccc(C#N)c(OCC(F)F)c1. The Balaban J connectivity index is 2.87. The van der Waals surface area contributed by atoms with Crippen LogP contribution in [0, 0.1) is 11.3 Å². The van der Waals surface area contributed by atoms with Crippen molar-refractivity contribution in [2.45, 2.75) is 6.43 Å². The van der Waals surface area contributed by atoms with Gasteiger partial charge in [0.25, 0.3) is 6.43 Å². The van der Waals surface area contributed by atoms with E-state index in [-0.39, 0.29) is 11.3 Å². The predicted octanol–water partition coefficient (Wildman–Crippen LogP) is 2.21. The van der Waals surface area contributed by atoms with Crippen LogP contribution in [0.15, 0.2) is 18.2 Å². The van der Waals surface area contributed by atoms with Crippen LogP contribution in [0.3, 0.4) is 0 Å². The smallest absolute Gasteiger partial charge is 0.272 e. The van der Waals surface area contributed by atoms with Crippen LogP contribution in [0.2, 0.25) is 0 Å². The lowest BCUT2D eigenvalue weighted by Crippen LogP contribution is -2.07. The number of methoxy groups -OCH3 is 1. The molecule has 0 aliphatic heterocycles. The quantitative estimate of drug-likeness (QED) is 0.770. The molecule has 80 valence electrons. The Labute approximate surface area is 85.8 Å². The largest absolute Gasteiger partial charge is 0.497 e. The number of halogens is 2. The Morgan fingerprint density at radius 3 is 2.73 bits per heavy atom. The van der Waals surface area contributed by atoms with Crippen LogP contribution >= 0.6 is 0 Å². The molecule has 0 bridgehead atoms. The molecule has 1 aromatic carbocycles. The van der Waals surface area contributed by atoms with Gasteiger partial charge in [0.15, 0.2) is 0 Å². The van der Waals surface area contributed by atoms with Gasteiger partial charge in [-0.3, -0.25) is 0 Å². The first-order valence-corrected chi connectivity index (χ1v) is 4.16. The fraction of sp³-hybridized carbons (Fsp3) is 0.300. The van der Waals surface area contributed by atoms with E-state index >= 15 is 0 Å². The van der Waals surface area contributed by atoms with E-state index in [0.29, 0.717) is 5.75 Å². The zero-order chi connectivity index (χ0) is 11.3. The van der Waals surface area contributed by atoms with E-state index in [4.69, 9.17) is 14.7 Å². The third kappa shape index (κ3) is 3.09. The Kier molecular flexibility index (Phi) is 3.86. The van der Waals surface area contributed by atoms with Gasteiger partial charge in [-0.05, 0) is 12.1 Å². The molecule has 1 rings (SSSR count). The van der Waals surface area contributed by atoms with Gasteiger partial charge in [0.05, 0.1) is 12.7 Å². The molecule has 0 saturated carbocycles. The fourth-order valence-electron chi connectivity index (χ4n) is 0.994. The molecule has 1 aromatic rings. The molecule has 0 unspecified atom stereocenters. The number of ether oxygens (including phenoxy) is 2. The van der Waals surface area contributed by atoms with Crippen molar-refractivity contribution >= 4 is 0 Å². The minimum absolute atomic E-state index is 0.108. The maximum Gasteiger partial charge on any atom is 0.272 e. The van der Waals surface area contributed by atoms with Crippen molar-refractivity contribution < 1.29 is 18.3 Å². The molecule has 0 heterocycles. The van der Waals surface area contributed by atoms with E-state index in [9.17, 15) is 8.78 Å². The van der Waals surface area contributed by atoms with Crippen molar-refractivity contribution in [1.29, 1.82) is 5.26 Å². The predicted molar refractivity (Wildman–Crippen MR) is 49.2 cm³/mol. The van der Waals surface area contributed by atoms with Gasteiger partial charge >= 0.3 is 0 Å². The van der Waals surface area contributed by atoms with Crippen molar-refractivity contribution in [3.05, 3.63) is 23.8 Å². The van der Waals surface area contributed by atoms with Crippen molar-refractivity contribution in [2.75, 3.05) is 13.7 Å². The Hall–Kier alpha value is -1.83. The molecular formula is C10H9F2NO2. The van der Waals surface area contributed by atoms with E-state index in [2.05, 4.69) is 0 Å². The van der Waals surface area contributed by atoms with E-state index in [1.807, 2.05) is 6.07 Å². The average molecular weight is 213 g/mol. The van der Waals surface area contributed by atoms with Crippen molar-refractivity contribution in [1.82, 2.24) is 0 Å². The third-order valence-electron chi connectivity index (χ3n) is 1.67. The second-order valence-corrected chi connectivity index (χ2v) is 2.68. The van der Waals surface area contributed by atoms with Crippen LogP contribution < -0.4 is 9.47 Å². The van der Waals surface area contributed by atoms with E-state index in [1.165, 1.54) is 19.2 Å². The molecule has 0 aliphatic rings. The van der Waals surface area contributed by atoms with Gasteiger partial charge in [0.1, 0.15) is 24.2 Å². The Morgan fingerprint density at radius 2 is 2.20 bits per heavy atom. The highest BCUT2D eigenvalue weighted by Gasteiger charge is 2.08. The van der Waals surface area contributed by atoms with Gasteiger partial charge < -0.3 is 9.47 Å². The lowest BCUT2D eigenvalue weighted by molar-refractivity contribution is 0.0816. The van der Waals surface area contributed by atoms with E-state index in [0.717, 1.165) is 0 Å². The molecule has 0 saturated heterocycles. The summed E-state index contributed by atoms with van der Waals surface area (Å²) in [4.78, 5) is 0. The van der Waals surface area contributed by atoms with E-state index < -0.39 is 13.0 Å². The second kappa shape index (κ2) is 5.15. The Bertz CT molecular complexity index is 374. The lowest BCUT2D eigenvalue weighted by Gasteiger charge is -2.08. The maximum atomic E-state index is 11.9. The van der Waals surface area contributed by atoms with Crippen LogP contribution in [0.1, 0.15) is 5.56 Å². The summed E-state index contributed by atoms with van der Waals surface area (Å²) in [5, 5.41) is 8.69. The Morgan fingerprint density at radius 1 is 1.47 bits per heavy atom. The first-order chi connectivity index (χ1) is 7.17. The molecule has 0 amide bonds. The summed E-state index contributed by atoms with van der Waals surface area (Å²) in [6.07, 6.45) is -2.57. The minimum Gasteiger partial charge on any atom is -0.497 e. The summed E-state index contributed by atoms with van der Waals surface area (Å²) in [6, 6.07) is 6.27. The van der Waals surface area contributed by atoms with Crippen molar-refractivity contribution in [3.8, 4) is 17.6 Å². The minimum atomic E-state index is -2.57. The van der Waals surface area contributed by atoms with Crippen LogP contribution in [-0.2, 0) is 0 Å². The molecule has 0 fully saturated rings. The first kappa shape index (κ1) is 11.2. The van der Waals surface area contributed by atoms with Gasteiger partial charge in [-0.25, -0.2) is 8.78 Å². The number of hydrogen-bond donors (Lipinski definition) is 0. The number of alkyl halides is 2. The number of rotatable bonds is 4. The van der Waals surface area contributed by atoms with Crippen molar-refractivity contribution in [2.24, 2.45) is 0 Å². The summed E-state index contributed by atoms with van der Waals surface area (Å²) < 4.78 is 33.5. The monoisotopic (exact) mass is 213 g/mol. The van der Waals surface area contributed by atoms with Gasteiger partial charge in [-0.2, -0.15) is 5.26 Å². The molecule has 0 aliphatic carbocycles. The molecule has 3 nitrogen and oxygen atoms in total.